The highest BCUT2D eigenvalue weighted by Crippen LogP contribution is 2.21. The lowest BCUT2D eigenvalue weighted by atomic mass is 10.0. The number of hydrogen-bond donors (Lipinski definition) is 0. The molecule has 4 nitrogen and oxygen atoms in total. The maximum atomic E-state index is 13.0. The Morgan fingerprint density at radius 3 is 2.63 bits per heavy atom. The number of piperidine rings is 1. The fourth-order valence-electron chi connectivity index (χ4n) is 4.09. The molecule has 1 aliphatic rings. The van der Waals surface area contributed by atoms with Crippen molar-refractivity contribution in [1.82, 2.24) is 14.5 Å². The summed E-state index contributed by atoms with van der Waals surface area (Å²) in [6, 6.07) is 18.9. The number of amides is 1. The molecule has 1 saturated heterocycles. The van der Waals surface area contributed by atoms with Gasteiger partial charge in [0, 0.05) is 19.0 Å². The van der Waals surface area contributed by atoms with Crippen molar-refractivity contribution >= 4 is 16.9 Å². The molecule has 2 heterocycles. The number of carbonyl (C=O) groups is 1. The van der Waals surface area contributed by atoms with Crippen LogP contribution in [0.25, 0.3) is 11.0 Å². The van der Waals surface area contributed by atoms with Crippen molar-refractivity contribution in [3.8, 4) is 0 Å². The third-order valence-electron chi connectivity index (χ3n) is 5.63. The van der Waals surface area contributed by atoms with Crippen molar-refractivity contribution in [1.29, 1.82) is 0 Å². The summed E-state index contributed by atoms with van der Waals surface area (Å²) in [7, 11) is 0. The van der Waals surface area contributed by atoms with Crippen LogP contribution >= 0.6 is 0 Å². The number of benzene rings is 2. The Morgan fingerprint density at radius 1 is 1.04 bits per heavy atom. The van der Waals surface area contributed by atoms with Crippen molar-refractivity contribution in [2.75, 3.05) is 6.54 Å². The molecule has 0 spiro atoms. The van der Waals surface area contributed by atoms with E-state index in [4.69, 9.17) is 4.98 Å². The summed E-state index contributed by atoms with van der Waals surface area (Å²) in [6.45, 7) is 3.43. The summed E-state index contributed by atoms with van der Waals surface area (Å²) in [5.74, 6) is 1.21. The van der Waals surface area contributed by atoms with Crippen LogP contribution in [0.15, 0.2) is 54.6 Å². The number of aryl methyl sites for hydroxylation is 2. The lowest BCUT2D eigenvalue weighted by molar-refractivity contribution is -0.135. The van der Waals surface area contributed by atoms with Gasteiger partial charge in [0.2, 0.25) is 5.91 Å². The number of likely N-dealkylation sites (tertiary alicyclic amines) is 1. The average molecular weight is 361 g/mol. The Bertz CT molecular complexity index is 916. The Morgan fingerprint density at radius 2 is 1.81 bits per heavy atom. The first kappa shape index (κ1) is 17.8. The molecule has 0 bridgehead atoms. The number of rotatable bonds is 5. The van der Waals surface area contributed by atoms with Gasteiger partial charge in [0.1, 0.15) is 12.4 Å². The topological polar surface area (TPSA) is 38.1 Å². The van der Waals surface area contributed by atoms with Crippen LogP contribution in [-0.2, 0) is 24.2 Å². The number of para-hydroxylation sites is 2. The summed E-state index contributed by atoms with van der Waals surface area (Å²) < 4.78 is 2.13. The molecule has 0 radical (unpaired) electrons. The molecule has 4 heteroatoms. The minimum atomic E-state index is 0.214. The molecule has 0 saturated carbocycles. The van der Waals surface area contributed by atoms with Gasteiger partial charge in [0.05, 0.1) is 11.0 Å². The quantitative estimate of drug-likeness (QED) is 0.682. The minimum Gasteiger partial charge on any atom is -0.338 e. The van der Waals surface area contributed by atoms with Gasteiger partial charge in [-0.2, -0.15) is 0 Å². The van der Waals surface area contributed by atoms with Gasteiger partial charge < -0.3 is 9.47 Å². The van der Waals surface area contributed by atoms with Gasteiger partial charge in [-0.15, -0.1) is 0 Å². The highest BCUT2D eigenvalue weighted by molar-refractivity contribution is 5.81. The third kappa shape index (κ3) is 3.90. The van der Waals surface area contributed by atoms with Crippen LogP contribution in [0.5, 0.6) is 0 Å². The standard InChI is InChI=1S/C23H27N3O/c1-18-9-7-8-16-25(18)23(27)17-26-21-13-6-5-12-20(21)24-22(26)15-14-19-10-3-2-4-11-19/h2-6,10-13,18H,7-9,14-17H2,1H3. The molecule has 0 aliphatic carbocycles. The van der Waals surface area contributed by atoms with Crippen LogP contribution in [0.4, 0.5) is 0 Å². The van der Waals surface area contributed by atoms with Crippen LogP contribution in [0.2, 0.25) is 0 Å². The molecule has 1 unspecified atom stereocenters. The third-order valence-corrected chi connectivity index (χ3v) is 5.63. The molecule has 1 amide bonds. The summed E-state index contributed by atoms with van der Waals surface area (Å²) in [5.41, 5.74) is 3.32. The fraction of sp³-hybridized carbons (Fsp3) is 0.391. The minimum absolute atomic E-state index is 0.214. The summed E-state index contributed by atoms with van der Waals surface area (Å²) in [4.78, 5) is 19.9. The predicted octanol–water partition coefficient (Wildman–Crippen LogP) is 4.22. The van der Waals surface area contributed by atoms with Crippen molar-refractivity contribution in [3.63, 3.8) is 0 Å². The Hall–Kier alpha value is -2.62. The molecule has 27 heavy (non-hydrogen) atoms. The molecular weight excluding hydrogens is 334 g/mol. The second-order valence-electron chi connectivity index (χ2n) is 7.52. The molecule has 4 rings (SSSR count). The van der Waals surface area contributed by atoms with E-state index in [0.717, 1.165) is 49.1 Å². The van der Waals surface area contributed by atoms with Gasteiger partial charge in [-0.1, -0.05) is 42.5 Å². The van der Waals surface area contributed by atoms with Crippen LogP contribution in [0.3, 0.4) is 0 Å². The number of nitrogens with zero attached hydrogens (tertiary/aromatic N) is 3. The maximum Gasteiger partial charge on any atom is 0.242 e. The van der Waals surface area contributed by atoms with E-state index in [9.17, 15) is 4.79 Å². The molecule has 1 aliphatic heterocycles. The summed E-state index contributed by atoms with van der Waals surface area (Å²) in [5, 5.41) is 0. The molecular formula is C23H27N3O. The van der Waals surface area contributed by atoms with Gasteiger partial charge >= 0.3 is 0 Å². The lowest BCUT2D eigenvalue weighted by Crippen LogP contribution is -2.43. The van der Waals surface area contributed by atoms with Gasteiger partial charge in [0.15, 0.2) is 0 Å². The van der Waals surface area contributed by atoms with Gasteiger partial charge in [-0.3, -0.25) is 4.79 Å². The van der Waals surface area contributed by atoms with Crippen LogP contribution in [-0.4, -0.2) is 32.9 Å². The average Bonchev–Trinajstić information content (AvgIpc) is 3.05. The van der Waals surface area contributed by atoms with Crippen molar-refractivity contribution in [2.24, 2.45) is 0 Å². The van der Waals surface area contributed by atoms with Gasteiger partial charge in [0.25, 0.3) is 0 Å². The molecule has 2 aromatic carbocycles. The van der Waals surface area contributed by atoms with E-state index in [2.05, 4.69) is 46.7 Å². The normalized spacial score (nSPS) is 17.4. The van der Waals surface area contributed by atoms with E-state index in [1.54, 1.807) is 0 Å². The van der Waals surface area contributed by atoms with Crippen molar-refractivity contribution < 1.29 is 4.79 Å². The number of carbonyl (C=O) groups excluding carboxylic acids is 1. The summed E-state index contributed by atoms with van der Waals surface area (Å²) in [6.07, 6.45) is 5.21. The van der Waals surface area contributed by atoms with E-state index < -0.39 is 0 Å². The Balaban J connectivity index is 1.59. The van der Waals surface area contributed by atoms with Crippen LogP contribution < -0.4 is 0 Å². The smallest absolute Gasteiger partial charge is 0.242 e. The molecule has 140 valence electrons. The van der Waals surface area contributed by atoms with E-state index in [1.807, 2.05) is 24.3 Å². The van der Waals surface area contributed by atoms with Crippen molar-refractivity contribution in [2.45, 2.75) is 51.6 Å². The second kappa shape index (κ2) is 7.95. The van der Waals surface area contributed by atoms with E-state index in [0.29, 0.717) is 12.6 Å². The first-order valence-electron chi connectivity index (χ1n) is 10.00. The number of imidazole rings is 1. The largest absolute Gasteiger partial charge is 0.338 e. The Labute approximate surface area is 160 Å². The first-order valence-corrected chi connectivity index (χ1v) is 10.00. The van der Waals surface area contributed by atoms with Crippen LogP contribution in [0.1, 0.15) is 37.6 Å². The van der Waals surface area contributed by atoms with Gasteiger partial charge in [-0.05, 0) is 50.3 Å². The predicted molar refractivity (Wildman–Crippen MR) is 109 cm³/mol. The molecule has 3 aromatic rings. The monoisotopic (exact) mass is 361 g/mol. The summed E-state index contributed by atoms with van der Waals surface area (Å²) >= 11 is 0. The first-order chi connectivity index (χ1) is 13.2. The lowest BCUT2D eigenvalue weighted by Gasteiger charge is -2.33. The van der Waals surface area contributed by atoms with E-state index in [1.165, 1.54) is 12.0 Å². The highest BCUT2D eigenvalue weighted by atomic mass is 16.2. The highest BCUT2D eigenvalue weighted by Gasteiger charge is 2.24. The number of fused-ring (bicyclic) bond motifs is 1. The van der Waals surface area contributed by atoms with Crippen LogP contribution in [0, 0.1) is 0 Å². The number of hydrogen-bond acceptors (Lipinski definition) is 2. The van der Waals surface area contributed by atoms with E-state index in [-0.39, 0.29) is 5.91 Å². The molecule has 0 N–H and O–H groups in total. The van der Waals surface area contributed by atoms with Gasteiger partial charge in [-0.25, -0.2) is 4.98 Å². The fourth-order valence-corrected chi connectivity index (χ4v) is 4.09. The molecule has 1 atom stereocenters. The van der Waals surface area contributed by atoms with Crippen molar-refractivity contribution in [3.05, 3.63) is 66.0 Å². The van der Waals surface area contributed by atoms with E-state index >= 15 is 0 Å². The zero-order chi connectivity index (χ0) is 18.6. The Kier molecular flexibility index (Phi) is 5.23. The zero-order valence-corrected chi connectivity index (χ0v) is 16.0. The molecule has 1 aromatic heterocycles. The maximum absolute atomic E-state index is 13.0. The second-order valence-corrected chi connectivity index (χ2v) is 7.52. The number of aromatic nitrogens is 2. The molecule has 1 fully saturated rings. The zero-order valence-electron chi connectivity index (χ0n) is 16.0. The SMILES string of the molecule is CC1CCCCN1C(=O)Cn1c(CCc2ccccc2)nc2ccccc21.